The van der Waals surface area contributed by atoms with Crippen LogP contribution in [0.1, 0.15) is 33.1 Å². The highest BCUT2D eigenvalue weighted by Gasteiger charge is 2.41. The lowest BCUT2D eigenvalue weighted by Gasteiger charge is -2.40. The first-order valence-electron chi connectivity index (χ1n) is 5.63. The van der Waals surface area contributed by atoms with Crippen molar-refractivity contribution in [2.24, 2.45) is 5.41 Å². The number of piperidine rings is 1. The first-order chi connectivity index (χ1) is 6.63. The zero-order valence-corrected chi connectivity index (χ0v) is 9.18. The lowest BCUT2D eigenvalue weighted by atomic mass is 9.77. The van der Waals surface area contributed by atoms with Gasteiger partial charge in [-0.2, -0.15) is 0 Å². The van der Waals surface area contributed by atoms with Crippen LogP contribution in [-0.4, -0.2) is 36.5 Å². The SMILES string of the molecule is CC(C)N1CCC2(CCNC2)CC1=O. The Balaban J connectivity index is 2.02. The van der Waals surface area contributed by atoms with Gasteiger partial charge in [0, 0.05) is 25.6 Å². The molecule has 0 radical (unpaired) electrons. The summed E-state index contributed by atoms with van der Waals surface area (Å²) in [6.07, 6.45) is 3.13. The first kappa shape index (κ1) is 9.97. The molecule has 0 aromatic rings. The smallest absolute Gasteiger partial charge is 0.223 e. The first-order valence-corrected chi connectivity index (χ1v) is 5.63. The molecule has 1 spiro atoms. The highest BCUT2D eigenvalue weighted by molar-refractivity contribution is 5.78. The van der Waals surface area contributed by atoms with Gasteiger partial charge in [-0.25, -0.2) is 0 Å². The predicted octanol–water partition coefficient (Wildman–Crippen LogP) is 0.997. The molecular formula is C11H20N2O. The van der Waals surface area contributed by atoms with Crippen molar-refractivity contribution in [1.29, 1.82) is 0 Å². The summed E-state index contributed by atoms with van der Waals surface area (Å²) in [4.78, 5) is 13.9. The highest BCUT2D eigenvalue weighted by Crippen LogP contribution is 2.37. The standard InChI is InChI=1S/C11H20N2O/c1-9(2)13-6-4-11(7-10(13)14)3-5-12-8-11/h9,12H,3-8H2,1-2H3. The number of hydrogen-bond acceptors (Lipinski definition) is 2. The number of carbonyl (C=O) groups excluding carboxylic acids is 1. The van der Waals surface area contributed by atoms with Gasteiger partial charge in [0.25, 0.3) is 0 Å². The van der Waals surface area contributed by atoms with Crippen LogP contribution in [0.2, 0.25) is 0 Å². The summed E-state index contributed by atoms with van der Waals surface area (Å²) in [6, 6.07) is 0.370. The van der Waals surface area contributed by atoms with E-state index in [0.717, 1.165) is 26.1 Å². The Morgan fingerprint density at radius 1 is 1.43 bits per heavy atom. The number of carbonyl (C=O) groups is 1. The Kier molecular flexibility index (Phi) is 2.52. The fourth-order valence-electron chi connectivity index (χ4n) is 2.70. The molecule has 2 aliphatic rings. The van der Waals surface area contributed by atoms with Gasteiger partial charge in [-0.3, -0.25) is 4.79 Å². The molecule has 14 heavy (non-hydrogen) atoms. The summed E-state index contributed by atoms with van der Waals surface area (Å²) in [5.74, 6) is 0.356. The third kappa shape index (κ3) is 1.65. The van der Waals surface area contributed by atoms with E-state index < -0.39 is 0 Å². The van der Waals surface area contributed by atoms with Crippen molar-refractivity contribution in [3.63, 3.8) is 0 Å². The second-order valence-electron chi connectivity index (χ2n) is 5.03. The van der Waals surface area contributed by atoms with Crippen molar-refractivity contribution < 1.29 is 4.79 Å². The van der Waals surface area contributed by atoms with Gasteiger partial charge in [0.05, 0.1) is 0 Å². The van der Waals surface area contributed by atoms with Gasteiger partial charge in [-0.05, 0) is 38.6 Å². The minimum atomic E-state index is 0.308. The largest absolute Gasteiger partial charge is 0.340 e. The van der Waals surface area contributed by atoms with Gasteiger partial charge in [-0.1, -0.05) is 0 Å². The number of hydrogen-bond donors (Lipinski definition) is 1. The number of likely N-dealkylation sites (tertiary alicyclic amines) is 1. The predicted molar refractivity (Wildman–Crippen MR) is 56.0 cm³/mol. The second kappa shape index (κ2) is 3.54. The third-order valence-corrected chi connectivity index (χ3v) is 3.69. The molecule has 0 aromatic carbocycles. The van der Waals surface area contributed by atoms with E-state index in [0.29, 0.717) is 17.4 Å². The van der Waals surface area contributed by atoms with Crippen LogP contribution in [0.4, 0.5) is 0 Å². The van der Waals surface area contributed by atoms with Gasteiger partial charge in [0.2, 0.25) is 5.91 Å². The quantitative estimate of drug-likeness (QED) is 0.678. The Bertz CT molecular complexity index is 231. The number of nitrogens with one attached hydrogen (secondary N) is 1. The van der Waals surface area contributed by atoms with E-state index in [1.165, 1.54) is 12.8 Å². The van der Waals surface area contributed by atoms with Crippen LogP contribution in [0.5, 0.6) is 0 Å². The summed E-state index contributed by atoms with van der Waals surface area (Å²) in [6.45, 7) is 7.30. The van der Waals surface area contributed by atoms with E-state index in [1.807, 2.05) is 4.90 Å². The fraction of sp³-hybridized carbons (Fsp3) is 0.909. The molecular weight excluding hydrogens is 176 g/mol. The second-order valence-corrected chi connectivity index (χ2v) is 5.03. The molecule has 0 aromatic heterocycles. The van der Waals surface area contributed by atoms with Crippen LogP contribution >= 0.6 is 0 Å². The van der Waals surface area contributed by atoms with Crippen LogP contribution in [0.3, 0.4) is 0 Å². The van der Waals surface area contributed by atoms with E-state index in [2.05, 4.69) is 19.2 Å². The van der Waals surface area contributed by atoms with Crippen molar-refractivity contribution in [2.45, 2.75) is 39.2 Å². The third-order valence-electron chi connectivity index (χ3n) is 3.69. The van der Waals surface area contributed by atoms with Gasteiger partial charge in [0.15, 0.2) is 0 Å². The van der Waals surface area contributed by atoms with E-state index in [-0.39, 0.29) is 0 Å². The van der Waals surface area contributed by atoms with E-state index >= 15 is 0 Å². The Morgan fingerprint density at radius 2 is 2.21 bits per heavy atom. The van der Waals surface area contributed by atoms with Gasteiger partial charge in [-0.15, -0.1) is 0 Å². The lowest BCUT2D eigenvalue weighted by Crippen LogP contribution is -2.47. The molecule has 2 heterocycles. The van der Waals surface area contributed by atoms with Crippen molar-refractivity contribution in [2.75, 3.05) is 19.6 Å². The van der Waals surface area contributed by atoms with Crippen molar-refractivity contribution in [3.8, 4) is 0 Å². The van der Waals surface area contributed by atoms with Crippen LogP contribution in [0.25, 0.3) is 0 Å². The van der Waals surface area contributed by atoms with Gasteiger partial charge in [0.1, 0.15) is 0 Å². The number of amides is 1. The molecule has 1 atom stereocenters. The molecule has 0 bridgehead atoms. The zero-order valence-electron chi connectivity index (χ0n) is 9.18. The van der Waals surface area contributed by atoms with Crippen LogP contribution in [0.15, 0.2) is 0 Å². The summed E-state index contributed by atoms with van der Waals surface area (Å²) in [5, 5.41) is 3.38. The molecule has 2 saturated heterocycles. The molecule has 1 N–H and O–H groups in total. The van der Waals surface area contributed by atoms with Crippen LogP contribution in [-0.2, 0) is 4.79 Å². The van der Waals surface area contributed by atoms with E-state index in [9.17, 15) is 4.79 Å². The maximum Gasteiger partial charge on any atom is 0.223 e. The fourth-order valence-corrected chi connectivity index (χ4v) is 2.70. The molecule has 2 aliphatic heterocycles. The molecule has 3 heteroatoms. The average Bonchev–Trinajstić information content (AvgIpc) is 2.52. The van der Waals surface area contributed by atoms with Crippen molar-refractivity contribution >= 4 is 5.91 Å². The van der Waals surface area contributed by atoms with Crippen molar-refractivity contribution in [1.82, 2.24) is 10.2 Å². The Labute approximate surface area is 85.8 Å². The van der Waals surface area contributed by atoms with E-state index in [4.69, 9.17) is 0 Å². The summed E-state index contributed by atoms with van der Waals surface area (Å²) in [5.41, 5.74) is 0.308. The molecule has 3 nitrogen and oxygen atoms in total. The lowest BCUT2D eigenvalue weighted by molar-refractivity contribution is -0.139. The minimum absolute atomic E-state index is 0.308. The zero-order chi connectivity index (χ0) is 10.2. The monoisotopic (exact) mass is 196 g/mol. The number of rotatable bonds is 1. The molecule has 1 unspecified atom stereocenters. The minimum Gasteiger partial charge on any atom is -0.340 e. The molecule has 0 saturated carbocycles. The van der Waals surface area contributed by atoms with Gasteiger partial charge >= 0.3 is 0 Å². The van der Waals surface area contributed by atoms with Gasteiger partial charge < -0.3 is 10.2 Å². The highest BCUT2D eigenvalue weighted by atomic mass is 16.2. The molecule has 0 aliphatic carbocycles. The van der Waals surface area contributed by atoms with Crippen molar-refractivity contribution in [3.05, 3.63) is 0 Å². The normalized spacial score (nSPS) is 33.4. The Hall–Kier alpha value is -0.570. The summed E-state index contributed by atoms with van der Waals surface area (Å²) >= 11 is 0. The van der Waals surface area contributed by atoms with E-state index in [1.54, 1.807) is 0 Å². The molecule has 1 amide bonds. The molecule has 80 valence electrons. The average molecular weight is 196 g/mol. The molecule has 2 fully saturated rings. The van der Waals surface area contributed by atoms with Crippen LogP contribution in [0, 0.1) is 5.41 Å². The molecule has 2 rings (SSSR count). The Morgan fingerprint density at radius 3 is 2.71 bits per heavy atom. The number of nitrogens with zero attached hydrogens (tertiary/aromatic N) is 1. The summed E-state index contributed by atoms with van der Waals surface area (Å²) < 4.78 is 0. The topological polar surface area (TPSA) is 32.3 Å². The van der Waals surface area contributed by atoms with Crippen LogP contribution < -0.4 is 5.32 Å². The summed E-state index contributed by atoms with van der Waals surface area (Å²) in [7, 11) is 0. The maximum absolute atomic E-state index is 11.9. The maximum atomic E-state index is 11.9.